The first-order valence-corrected chi connectivity index (χ1v) is 7.27. The van der Waals surface area contributed by atoms with Crippen LogP contribution in [0, 0.1) is 0 Å². The van der Waals surface area contributed by atoms with Crippen LogP contribution in [0.2, 0.25) is 0 Å². The van der Waals surface area contributed by atoms with Crippen molar-refractivity contribution in [1.82, 2.24) is 0 Å². The predicted molar refractivity (Wildman–Crippen MR) is 76.0 cm³/mol. The molecule has 0 amide bonds. The Balaban J connectivity index is 2.13. The van der Waals surface area contributed by atoms with Crippen LogP contribution in [0.25, 0.3) is 0 Å². The fourth-order valence-electron chi connectivity index (χ4n) is 2.94. The second kappa shape index (κ2) is 6.75. The Bertz CT molecular complexity index is 458. The molecule has 20 heavy (non-hydrogen) atoms. The van der Waals surface area contributed by atoms with Crippen molar-refractivity contribution in [3.8, 4) is 5.75 Å². The first-order chi connectivity index (χ1) is 9.70. The van der Waals surface area contributed by atoms with Crippen LogP contribution in [0.3, 0.4) is 0 Å². The molecule has 0 radical (unpaired) electrons. The predicted octanol–water partition coefficient (Wildman–Crippen LogP) is 2.73. The van der Waals surface area contributed by atoms with E-state index in [1.54, 1.807) is 0 Å². The number of hydrogen-bond donors (Lipinski definition) is 2. The summed E-state index contributed by atoms with van der Waals surface area (Å²) in [5, 5.41) is 18.5. The Morgan fingerprint density at radius 1 is 1.20 bits per heavy atom. The van der Waals surface area contributed by atoms with Crippen molar-refractivity contribution >= 4 is 5.97 Å². The van der Waals surface area contributed by atoms with Crippen LogP contribution in [0.1, 0.15) is 44.1 Å². The summed E-state index contributed by atoms with van der Waals surface area (Å²) in [5.41, 5.74) is -0.00505. The number of carboxylic acid groups (broad SMARTS) is 1. The van der Waals surface area contributed by atoms with Gasteiger partial charge in [0.15, 0.2) is 0 Å². The van der Waals surface area contributed by atoms with E-state index in [-0.39, 0.29) is 6.61 Å². The Labute approximate surface area is 119 Å². The van der Waals surface area contributed by atoms with E-state index in [4.69, 9.17) is 9.84 Å². The second-order valence-electron chi connectivity index (χ2n) is 5.37. The van der Waals surface area contributed by atoms with E-state index < -0.39 is 11.4 Å². The number of benzene rings is 1. The quantitative estimate of drug-likeness (QED) is 0.753. The van der Waals surface area contributed by atoms with Gasteiger partial charge in [-0.15, -0.1) is 0 Å². The molecule has 0 saturated heterocycles. The van der Waals surface area contributed by atoms with Gasteiger partial charge in [-0.05, 0) is 18.9 Å². The summed E-state index contributed by atoms with van der Waals surface area (Å²) in [6, 6.07) is 7.46. The summed E-state index contributed by atoms with van der Waals surface area (Å²) in [6.45, 7) is 0.667. The topological polar surface area (TPSA) is 66.8 Å². The smallest absolute Gasteiger partial charge is 0.314 e. The van der Waals surface area contributed by atoms with Gasteiger partial charge >= 0.3 is 5.97 Å². The molecule has 2 N–H and O–H groups in total. The van der Waals surface area contributed by atoms with Crippen LogP contribution in [-0.4, -0.2) is 29.4 Å². The van der Waals surface area contributed by atoms with Gasteiger partial charge in [-0.3, -0.25) is 4.79 Å². The molecule has 1 aromatic rings. The fourth-order valence-corrected chi connectivity index (χ4v) is 2.94. The Kier molecular flexibility index (Phi) is 5.01. The number of unbranched alkanes of at least 4 members (excludes halogenated alkanes) is 3. The van der Waals surface area contributed by atoms with Gasteiger partial charge in [0.1, 0.15) is 5.75 Å². The van der Waals surface area contributed by atoms with E-state index in [9.17, 15) is 9.90 Å². The van der Waals surface area contributed by atoms with Crippen molar-refractivity contribution in [3.05, 3.63) is 29.8 Å². The van der Waals surface area contributed by atoms with Gasteiger partial charge in [0.2, 0.25) is 0 Å². The highest BCUT2D eigenvalue weighted by Crippen LogP contribution is 2.42. The maximum Gasteiger partial charge on any atom is 0.314 e. The minimum absolute atomic E-state index is 0.209. The molecule has 0 aliphatic carbocycles. The number of aliphatic hydroxyl groups excluding tert-OH is 1. The van der Waals surface area contributed by atoms with E-state index in [1.807, 2.05) is 24.3 Å². The molecular formula is C16H22O4. The number of aliphatic carboxylic acids is 1. The zero-order valence-electron chi connectivity index (χ0n) is 11.7. The van der Waals surface area contributed by atoms with E-state index in [1.165, 1.54) is 0 Å². The van der Waals surface area contributed by atoms with Crippen LogP contribution in [0.5, 0.6) is 5.75 Å². The minimum atomic E-state index is -0.811. The molecule has 4 heteroatoms. The second-order valence-corrected chi connectivity index (χ2v) is 5.37. The lowest BCUT2D eigenvalue weighted by atomic mass is 9.72. The van der Waals surface area contributed by atoms with Gasteiger partial charge in [-0.25, -0.2) is 0 Å². The standard InChI is InChI=1S/C16H22O4/c17-11-6-2-1-5-9-16(15(18)19)10-12-20-14-8-4-3-7-13(14)16/h3-4,7-8,17H,1-2,5-6,9-12H2,(H,18,19). The molecule has 1 heterocycles. The summed E-state index contributed by atoms with van der Waals surface area (Å²) in [5.74, 6) is -0.0492. The molecule has 1 aliphatic heterocycles. The molecule has 110 valence electrons. The van der Waals surface area contributed by atoms with Crippen LogP contribution in [0.4, 0.5) is 0 Å². The minimum Gasteiger partial charge on any atom is -0.493 e. The third kappa shape index (κ3) is 2.96. The zero-order chi connectivity index (χ0) is 14.4. The number of para-hydroxylation sites is 1. The Hall–Kier alpha value is -1.55. The van der Waals surface area contributed by atoms with Crippen molar-refractivity contribution in [2.24, 2.45) is 0 Å². The average molecular weight is 278 g/mol. The van der Waals surface area contributed by atoms with Crippen molar-refractivity contribution in [3.63, 3.8) is 0 Å². The molecule has 0 spiro atoms. The molecule has 1 atom stereocenters. The average Bonchev–Trinajstić information content (AvgIpc) is 2.47. The lowest BCUT2D eigenvalue weighted by molar-refractivity contribution is -0.145. The number of aliphatic hydroxyl groups is 1. The third-order valence-electron chi connectivity index (χ3n) is 4.11. The number of ether oxygens (including phenoxy) is 1. The van der Waals surface area contributed by atoms with Gasteiger partial charge in [0.05, 0.1) is 12.0 Å². The summed E-state index contributed by atoms with van der Waals surface area (Å²) in [7, 11) is 0. The number of hydrogen-bond acceptors (Lipinski definition) is 3. The molecular weight excluding hydrogens is 256 g/mol. The summed E-state index contributed by atoms with van der Waals surface area (Å²) >= 11 is 0. The number of carboxylic acids is 1. The fraction of sp³-hybridized carbons (Fsp3) is 0.562. The molecule has 1 aromatic carbocycles. The maximum atomic E-state index is 11.9. The third-order valence-corrected chi connectivity index (χ3v) is 4.11. The van der Waals surface area contributed by atoms with Crippen molar-refractivity contribution in [2.75, 3.05) is 13.2 Å². The molecule has 0 saturated carbocycles. The van der Waals surface area contributed by atoms with E-state index >= 15 is 0 Å². The Morgan fingerprint density at radius 2 is 1.95 bits per heavy atom. The first-order valence-electron chi connectivity index (χ1n) is 7.27. The number of carbonyl (C=O) groups is 1. The molecule has 1 aliphatic rings. The molecule has 4 nitrogen and oxygen atoms in total. The van der Waals surface area contributed by atoms with Gasteiger partial charge in [0, 0.05) is 18.6 Å². The summed E-state index contributed by atoms with van der Waals surface area (Å²) < 4.78 is 5.58. The molecule has 0 bridgehead atoms. The highest BCUT2D eigenvalue weighted by molar-refractivity contribution is 5.83. The van der Waals surface area contributed by atoms with Crippen LogP contribution >= 0.6 is 0 Å². The van der Waals surface area contributed by atoms with Gasteiger partial charge in [0.25, 0.3) is 0 Å². The van der Waals surface area contributed by atoms with Crippen LogP contribution < -0.4 is 4.74 Å². The van der Waals surface area contributed by atoms with Crippen molar-refractivity contribution < 1.29 is 19.7 Å². The highest BCUT2D eigenvalue weighted by Gasteiger charge is 2.43. The lowest BCUT2D eigenvalue weighted by Gasteiger charge is -2.35. The molecule has 2 rings (SSSR count). The zero-order valence-corrected chi connectivity index (χ0v) is 11.7. The highest BCUT2D eigenvalue weighted by atomic mass is 16.5. The lowest BCUT2D eigenvalue weighted by Crippen LogP contribution is -2.40. The van der Waals surface area contributed by atoms with Crippen molar-refractivity contribution in [2.45, 2.75) is 43.9 Å². The van der Waals surface area contributed by atoms with Gasteiger partial charge in [-0.2, -0.15) is 0 Å². The van der Waals surface area contributed by atoms with E-state index in [0.717, 1.165) is 31.2 Å². The van der Waals surface area contributed by atoms with E-state index in [2.05, 4.69) is 0 Å². The van der Waals surface area contributed by atoms with Gasteiger partial charge < -0.3 is 14.9 Å². The maximum absolute atomic E-state index is 11.9. The Morgan fingerprint density at radius 3 is 2.70 bits per heavy atom. The first kappa shape index (κ1) is 14.9. The van der Waals surface area contributed by atoms with Gasteiger partial charge in [-0.1, -0.05) is 37.5 Å². The van der Waals surface area contributed by atoms with Crippen molar-refractivity contribution in [1.29, 1.82) is 0 Å². The van der Waals surface area contributed by atoms with E-state index in [0.29, 0.717) is 25.2 Å². The largest absolute Gasteiger partial charge is 0.493 e. The monoisotopic (exact) mass is 278 g/mol. The normalized spacial score (nSPS) is 21.1. The summed E-state index contributed by atoms with van der Waals surface area (Å²) in [4.78, 5) is 11.9. The number of fused-ring (bicyclic) bond motifs is 1. The van der Waals surface area contributed by atoms with Crippen LogP contribution in [-0.2, 0) is 10.2 Å². The van der Waals surface area contributed by atoms with Crippen LogP contribution in [0.15, 0.2) is 24.3 Å². The number of rotatable bonds is 7. The molecule has 0 aromatic heterocycles. The molecule has 0 fully saturated rings. The summed E-state index contributed by atoms with van der Waals surface area (Å²) in [6.07, 6.45) is 4.72. The molecule has 1 unspecified atom stereocenters. The SMILES string of the molecule is O=C(O)C1(CCCCCCO)CCOc2ccccc21.